The van der Waals surface area contributed by atoms with Crippen LogP contribution in [-0.2, 0) is 14.2 Å². The van der Waals surface area contributed by atoms with Crippen molar-refractivity contribution < 1.29 is 65.1 Å². The maximum atomic E-state index is 9.67. The van der Waals surface area contributed by atoms with Crippen molar-refractivity contribution in [3.63, 3.8) is 0 Å². The van der Waals surface area contributed by atoms with E-state index < -0.39 is 18.9 Å². The van der Waals surface area contributed by atoms with E-state index in [-0.39, 0.29) is 35.6 Å². The van der Waals surface area contributed by atoms with Crippen molar-refractivity contribution in [2.24, 2.45) is 0 Å². The van der Waals surface area contributed by atoms with Gasteiger partial charge in [0, 0.05) is 21.3 Å². The summed E-state index contributed by atoms with van der Waals surface area (Å²) in [7, 11) is 4.16. The van der Waals surface area contributed by atoms with E-state index in [0.717, 1.165) is 0 Å². The van der Waals surface area contributed by atoms with E-state index >= 15 is 0 Å². The molecule has 3 atom stereocenters. The Morgan fingerprint density at radius 2 is 0.688 bits per heavy atom. The average molecular weight is 364 g/mol. The smallest absolute Gasteiger partial charge is 0.831 e. The molecular formula is C9H21LaO6. The van der Waals surface area contributed by atoms with Gasteiger partial charge in [0.25, 0.3) is 0 Å². The van der Waals surface area contributed by atoms with Crippen LogP contribution >= 0.6 is 0 Å². The van der Waals surface area contributed by atoms with Crippen molar-refractivity contribution in [3.8, 4) is 0 Å². The molecule has 16 heavy (non-hydrogen) atoms. The predicted molar refractivity (Wildman–Crippen MR) is 49.4 cm³/mol. The first-order chi connectivity index (χ1) is 6.81. The maximum Gasteiger partial charge on any atom is 3.00 e. The van der Waals surface area contributed by atoms with Crippen molar-refractivity contribution in [2.45, 2.75) is 39.6 Å². The monoisotopic (exact) mass is 364 g/mol. The summed E-state index contributed by atoms with van der Waals surface area (Å²) < 4.78 is 12.6. The summed E-state index contributed by atoms with van der Waals surface area (Å²) in [6, 6.07) is 0. The van der Waals surface area contributed by atoms with Crippen molar-refractivity contribution >= 4 is 0 Å². The van der Waals surface area contributed by atoms with E-state index in [1.54, 1.807) is 0 Å². The molecule has 0 saturated heterocycles. The van der Waals surface area contributed by atoms with E-state index in [4.69, 9.17) is 0 Å². The van der Waals surface area contributed by atoms with Crippen LogP contribution in [0.4, 0.5) is 0 Å². The third-order valence-corrected chi connectivity index (χ3v) is 0.996. The Bertz CT molecular complexity index is 81.0. The third kappa shape index (κ3) is 60.2. The Labute approximate surface area is 125 Å². The van der Waals surface area contributed by atoms with Crippen molar-refractivity contribution in [2.75, 3.05) is 21.3 Å². The van der Waals surface area contributed by atoms with Crippen LogP contribution in [0.3, 0.4) is 0 Å². The summed E-state index contributed by atoms with van der Waals surface area (Å²) in [5.41, 5.74) is 0. The van der Waals surface area contributed by atoms with Gasteiger partial charge in [-0.15, -0.1) is 0 Å². The van der Waals surface area contributed by atoms with Gasteiger partial charge in [0.15, 0.2) is 0 Å². The Morgan fingerprint density at radius 3 is 0.688 bits per heavy atom. The van der Waals surface area contributed by atoms with Gasteiger partial charge in [-0.25, -0.2) is 0 Å². The summed E-state index contributed by atoms with van der Waals surface area (Å²) in [5, 5.41) is 29.0. The number of rotatable bonds is 3. The molecule has 0 rings (SSSR count). The fourth-order valence-electron chi connectivity index (χ4n) is 0. The van der Waals surface area contributed by atoms with Crippen LogP contribution in [0.2, 0.25) is 0 Å². The third-order valence-electron chi connectivity index (χ3n) is 0.996. The fraction of sp³-hybridized carbons (Fsp3) is 1.00. The largest absolute Gasteiger partial charge is 3.00 e. The molecule has 0 saturated carbocycles. The van der Waals surface area contributed by atoms with Gasteiger partial charge in [-0.2, -0.15) is 0 Å². The number of ether oxygens (including phenoxy) is 3. The zero-order valence-electron chi connectivity index (χ0n) is 10.8. The Balaban J connectivity index is -0.0000000655. The van der Waals surface area contributed by atoms with Crippen LogP contribution in [0.25, 0.3) is 0 Å². The molecule has 0 N–H and O–H groups in total. The number of methoxy groups -OCH3 is 3. The first kappa shape index (κ1) is 25.7. The molecule has 0 heterocycles. The van der Waals surface area contributed by atoms with Crippen molar-refractivity contribution in [3.05, 3.63) is 0 Å². The molecule has 7 heteroatoms. The summed E-state index contributed by atoms with van der Waals surface area (Å²) in [5.74, 6) is 0. The first-order valence-electron chi connectivity index (χ1n) is 4.37. The molecule has 0 aliphatic rings. The second-order valence-corrected chi connectivity index (χ2v) is 2.41. The summed E-state index contributed by atoms with van der Waals surface area (Å²) in [6.45, 7) is 4.33. The Morgan fingerprint density at radius 1 is 0.625 bits per heavy atom. The molecule has 0 aliphatic heterocycles. The van der Waals surface area contributed by atoms with Crippen LogP contribution in [0, 0.1) is 35.6 Å². The van der Waals surface area contributed by atoms with Gasteiger partial charge < -0.3 is 29.5 Å². The molecule has 0 radical (unpaired) electrons. The molecule has 6 nitrogen and oxygen atoms in total. The fourth-order valence-corrected chi connectivity index (χ4v) is 0. The van der Waals surface area contributed by atoms with Gasteiger partial charge in [-0.3, -0.25) is 0 Å². The Kier molecular flexibility index (Phi) is 34.2. The summed E-state index contributed by atoms with van der Waals surface area (Å²) in [4.78, 5) is 0. The predicted octanol–water partition coefficient (Wildman–Crippen LogP) is -1.98. The normalized spacial score (nSPS) is 14.1. The standard InChI is InChI=1S/3C3H7O2.La/c3*1-3(4)5-2;/h3*3H,1-2H3;/q3*-1;+3. The van der Waals surface area contributed by atoms with Gasteiger partial charge in [0.1, 0.15) is 0 Å². The van der Waals surface area contributed by atoms with Crippen LogP contribution in [0.15, 0.2) is 0 Å². The van der Waals surface area contributed by atoms with Crippen LogP contribution < -0.4 is 15.3 Å². The van der Waals surface area contributed by atoms with Crippen molar-refractivity contribution in [1.29, 1.82) is 0 Å². The molecule has 0 aliphatic carbocycles. The van der Waals surface area contributed by atoms with E-state index in [1.165, 1.54) is 42.1 Å². The molecule has 96 valence electrons. The van der Waals surface area contributed by atoms with Gasteiger partial charge in [-0.1, -0.05) is 20.8 Å². The van der Waals surface area contributed by atoms with Gasteiger partial charge >= 0.3 is 35.6 Å². The Hall–Kier alpha value is 0.955. The molecule has 0 aromatic heterocycles. The molecule has 0 fully saturated rings. The van der Waals surface area contributed by atoms with Gasteiger partial charge in [0.05, 0.1) is 0 Å². The summed E-state index contributed by atoms with van der Waals surface area (Å²) in [6.07, 6.45) is -2.60. The molecule has 0 aromatic rings. The number of hydrogen-bond acceptors (Lipinski definition) is 6. The first-order valence-corrected chi connectivity index (χ1v) is 4.37. The second-order valence-electron chi connectivity index (χ2n) is 2.41. The van der Waals surface area contributed by atoms with E-state index in [0.29, 0.717) is 0 Å². The SMILES string of the molecule is COC(C)[O-].COC(C)[O-].COC(C)[O-].[La+3]. The zero-order valence-corrected chi connectivity index (χ0v) is 14.4. The maximum absolute atomic E-state index is 9.67. The molecule has 0 bridgehead atoms. The van der Waals surface area contributed by atoms with Gasteiger partial charge in [0.2, 0.25) is 0 Å². The molecule has 0 spiro atoms. The number of hydrogen-bond donors (Lipinski definition) is 0. The van der Waals surface area contributed by atoms with Crippen LogP contribution in [0.5, 0.6) is 0 Å². The minimum absolute atomic E-state index is 0. The second kappa shape index (κ2) is 21.3. The van der Waals surface area contributed by atoms with Crippen LogP contribution in [-0.4, -0.2) is 40.2 Å². The summed E-state index contributed by atoms with van der Waals surface area (Å²) >= 11 is 0. The van der Waals surface area contributed by atoms with Crippen molar-refractivity contribution in [1.82, 2.24) is 0 Å². The quantitative estimate of drug-likeness (QED) is 0.539. The van der Waals surface area contributed by atoms with Crippen LogP contribution in [0.1, 0.15) is 20.8 Å². The molecule has 0 amide bonds. The zero-order chi connectivity index (χ0) is 12.9. The molecular weight excluding hydrogens is 343 g/mol. The van der Waals surface area contributed by atoms with Gasteiger partial charge in [-0.05, 0) is 18.9 Å². The van der Waals surface area contributed by atoms with E-state index in [2.05, 4.69) is 14.2 Å². The molecule has 0 aromatic carbocycles. The van der Waals surface area contributed by atoms with E-state index in [1.807, 2.05) is 0 Å². The average Bonchev–Trinajstić information content (AvgIpc) is 2.19. The minimum Gasteiger partial charge on any atom is -0.831 e. The minimum atomic E-state index is -0.866. The van der Waals surface area contributed by atoms with E-state index in [9.17, 15) is 15.3 Å². The molecule has 3 unspecified atom stereocenters. The topological polar surface area (TPSA) is 96.9 Å².